The van der Waals surface area contributed by atoms with E-state index in [1.807, 2.05) is 0 Å². The quantitative estimate of drug-likeness (QED) is 0.760. The lowest BCUT2D eigenvalue weighted by atomic mass is 9.81. The van der Waals surface area contributed by atoms with E-state index in [0.717, 1.165) is 12.8 Å². The molecule has 108 valence electrons. The molecule has 2 amide bonds. The number of aliphatic carboxylic acids is 1. The summed E-state index contributed by atoms with van der Waals surface area (Å²) >= 11 is 0. The molecule has 0 aromatic heterocycles. The second kappa shape index (κ2) is 7.11. The Kier molecular flexibility index (Phi) is 5.79. The van der Waals surface area contributed by atoms with Crippen molar-refractivity contribution in [3.05, 3.63) is 0 Å². The monoisotopic (exact) mass is 270 g/mol. The highest BCUT2D eigenvalue weighted by Gasteiger charge is 2.30. The second-order valence-corrected chi connectivity index (χ2v) is 5.23. The van der Waals surface area contributed by atoms with Crippen LogP contribution in [0.25, 0.3) is 0 Å². The summed E-state index contributed by atoms with van der Waals surface area (Å²) < 4.78 is 0. The van der Waals surface area contributed by atoms with E-state index in [4.69, 9.17) is 5.11 Å². The molecule has 0 aromatic carbocycles. The van der Waals surface area contributed by atoms with Crippen LogP contribution in [0.1, 0.15) is 32.1 Å². The predicted molar refractivity (Wildman–Crippen MR) is 69.4 cm³/mol. The molecule has 1 fully saturated rings. The summed E-state index contributed by atoms with van der Waals surface area (Å²) in [6.07, 6.45) is 2.83. The van der Waals surface area contributed by atoms with Crippen LogP contribution >= 0.6 is 0 Å². The van der Waals surface area contributed by atoms with Crippen LogP contribution in [0.2, 0.25) is 0 Å². The van der Waals surface area contributed by atoms with E-state index in [2.05, 4.69) is 5.32 Å². The van der Waals surface area contributed by atoms with E-state index in [1.54, 1.807) is 14.1 Å². The van der Waals surface area contributed by atoms with Gasteiger partial charge in [-0.05, 0) is 19.3 Å². The maximum atomic E-state index is 11.9. The Balaban J connectivity index is 2.33. The van der Waals surface area contributed by atoms with E-state index in [1.165, 1.54) is 4.90 Å². The normalized spacial score (nSPS) is 22.6. The van der Waals surface area contributed by atoms with Crippen molar-refractivity contribution in [3.63, 3.8) is 0 Å². The first-order chi connectivity index (χ1) is 8.91. The summed E-state index contributed by atoms with van der Waals surface area (Å²) in [6.45, 7) is 0.310. The van der Waals surface area contributed by atoms with Crippen molar-refractivity contribution in [1.29, 1.82) is 0 Å². The van der Waals surface area contributed by atoms with Crippen molar-refractivity contribution in [2.45, 2.75) is 32.1 Å². The molecule has 0 saturated heterocycles. The predicted octanol–water partition coefficient (Wildman–Crippen LogP) is 0.472. The molecule has 1 saturated carbocycles. The van der Waals surface area contributed by atoms with Crippen molar-refractivity contribution in [1.82, 2.24) is 10.2 Å². The van der Waals surface area contributed by atoms with Gasteiger partial charge in [0, 0.05) is 33.0 Å². The van der Waals surface area contributed by atoms with Crippen LogP contribution in [-0.4, -0.2) is 48.4 Å². The number of carboxylic acids is 1. The fourth-order valence-electron chi connectivity index (χ4n) is 2.31. The molecule has 0 heterocycles. The van der Waals surface area contributed by atoms with Crippen molar-refractivity contribution in [2.24, 2.45) is 11.8 Å². The van der Waals surface area contributed by atoms with E-state index in [9.17, 15) is 14.4 Å². The number of hydrogen-bond acceptors (Lipinski definition) is 3. The fourth-order valence-corrected chi connectivity index (χ4v) is 2.31. The van der Waals surface area contributed by atoms with Crippen molar-refractivity contribution < 1.29 is 19.5 Å². The molecular formula is C13H22N2O4. The zero-order valence-electron chi connectivity index (χ0n) is 11.5. The van der Waals surface area contributed by atoms with E-state index >= 15 is 0 Å². The molecule has 1 rings (SSSR count). The maximum absolute atomic E-state index is 11.9. The number of rotatable bonds is 5. The van der Waals surface area contributed by atoms with Gasteiger partial charge in [-0.15, -0.1) is 0 Å². The van der Waals surface area contributed by atoms with Gasteiger partial charge in [-0.2, -0.15) is 0 Å². The first-order valence-corrected chi connectivity index (χ1v) is 6.62. The topological polar surface area (TPSA) is 86.7 Å². The molecule has 6 nitrogen and oxygen atoms in total. The molecule has 0 spiro atoms. The number of carboxylic acid groups (broad SMARTS) is 1. The number of amides is 2. The highest BCUT2D eigenvalue weighted by molar-refractivity contribution is 5.81. The van der Waals surface area contributed by atoms with Crippen LogP contribution in [0.15, 0.2) is 0 Å². The summed E-state index contributed by atoms with van der Waals surface area (Å²) in [7, 11) is 3.34. The van der Waals surface area contributed by atoms with Crippen molar-refractivity contribution >= 4 is 17.8 Å². The van der Waals surface area contributed by atoms with Gasteiger partial charge < -0.3 is 15.3 Å². The highest BCUT2D eigenvalue weighted by Crippen LogP contribution is 2.29. The number of hydrogen-bond donors (Lipinski definition) is 2. The number of nitrogens with zero attached hydrogens (tertiary/aromatic N) is 1. The van der Waals surface area contributed by atoms with Gasteiger partial charge in [0.1, 0.15) is 0 Å². The van der Waals surface area contributed by atoms with Gasteiger partial charge in [0.05, 0.1) is 5.92 Å². The van der Waals surface area contributed by atoms with Gasteiger partial charge in [0.2, 0.25) is 11.8 Å². The van der Waals surface area contributed by atoms with Crippen LogP contribution in [0, 0.1) is 11.8 Å². The third-order valence-corrected chi connectivity index (χ3v) is 3.53. The van der Waals surface area contributed by atoms with Crippen LogP contribution in [0.3, 0.4) is 0 Å². The van der Waals surface area contributed by atoms with Crippen LogP contribution in [0.4, 0.5) is 0 Å². The zero-order valence-corrected chi connectivity index (χ0v) is 11.5. The van der Waals surface area contributed by atoms with Crippen LogP contribution in [0.5, 0.6) is 0 Å². The Labute approximate surface area is 113 Å². The van der Waals surface area contributed by atoms with Gasteiger partial charge in [0.15, 0.2) is 0 Å². The number of carbonyl (C=O) groups is 3. The first kappa shape index (κ1) is 15.5. The van der Waals surface area contributed by atoms with Crippen LogP contribution < -0.4 is 5.32 Å². The smallest absolute Gasteiger partial charge is 0.306 e. The van der Waals surface area contributed by atoms with Gasteiger partial charge in [-0.1, -0.05) is 6.42 Å². The molecule has 1 aliphatic rings. The zero-order chi connectivity index (χ0) is 14.4. The Bertz CT molecular complexity index is 355. The van der Waals surface area contributed by atoms with E-state index in [0.29, 0.717) is 19.4 Å². The Morgan fingerprint density at radius 2 is 1.84 bits per heavy atom. The maximum Gasteiger partial charge on any atom is 0.306 e. The summed E-state index contributed by atoms with van der Waals surface area (Å²) in [5.74, 6) is -1.62. The highest BCUT2D eigenvalue weighted by atomic mass is 16.4. The van der Waals surface area contributed by atoms with Crippen LogP contribution in [-0.2, 0) is 14.4 Å². The summed E-state index contributed by atoms with van der Waals surface area (Å²) in [6, 6.07) is 0. The average molecular weight is 270 g/mol. The van der Waals surface area contributed by atoms with E-state index < -0.39 is 11.9 Å². The third-order valence-electron chi connectivity index (χ3n) is 3.53. The average Bonchev–Trinajstić information content (AvgIpc) is 2.38. The fraction of sp³-hybridized carbons (Fsp3) is 0.769. The lowest BCUT2D eigenvalue weighted by Gasteiger charge is -2.25. The molecule has 2 N–H and O–H groups in total. The van der Waals surface area contributed by atoms with Gasteiger partial charge in [-0.25, -0.2) is 0 Å². The SMILES string of the molecule is CN(C)C(=O)CCNC(=O)C1CCCC(C(=O)O)C1. The Hall–Kier alpha value is -1.59. The molecule has 0 radical (unpaired) electrons. The van der Waals surface area contributed by atoms with Gasteiger partial charge in [-0.3, -0.25) is 14.4 Å². The minimum absolute atomic E-state index is 0.0349. The molecule has 6 heteroatoms. The molecule has 0 aliphatic heterocycles. The number of carbonyl (C=O) groups excluding carboxylic acids is 2. The summed E-state index contributed by atoms with van der Waals surface area (Å²) in [5.41, 5.74) is 0. The van der Waals surface area contributed by atoms with E-state index in [-0.39, 0.29) is 24.2 Å². The summed E-state index contributed by atoms with van der Waals surface area (Å²) in [5, 5.41) is 11.7. The molecular weight excluding hydrogens is 248 g/mol. The molecule has 0 bridgehead atoms. The molecule has 2 atom stereocenters. The lowest BCUT2D eigenvalue weighted by molar-refractivity contribution is -0.144. The molecule has 1 aliphatic carbocycles. The molecule has 19 heavy (non-hydrogen) atoms. The summed E-state index contributed by atoms with van der Waals surface area (Å²) in [4.78, 5) is 35.6. The van der Waals surface area contributed by atoms with Crippen molar-refractivity contribution in [3.8, 4) is 0 Å². The van der Waals surface area contributed by atoms with Gasteiger partial charge >= 0.3 is 5.97 Å². The first-order valence-electron chi connectivity index (χ1n) is 6.62. The second-order valence-electron chi connectivity index (χ2n) is 5.23. The Morgan fingerprint density at radius 1 is 1.21 bits per heavy atom. The third kappa shape index (κ3) is 4.89. The lowest BCUT2D eigenvalue weighted by Crippen LogP contribution is -2.37. The largest absolute Gasteiger partial charge is 0.481 e. The number of nitrogens with one attached hydrogen (secondary N) is 1. The minimum atomic E-state index is -0.819. The molecule has 0 aromatic rings. The Morgan fingerprint density at radius 3 is 2.42 bits per heavy atom. The van der Waals surface area contributed by atoms with Crippen molar-refractivity contribution in [2.75, 3.05) is 20.6 Å². The van der Waals surface area contributed by atoms with Gasteiger partial charge in [0.25, 0.3) is 0 Å². The standard InChI is InChI=1S/C13H22N2O4/c1-15(2)11(16)6-7-14-12(17)9-4-3-5-10(8-9)13(18)19/h9-10H,3-8H2,1-2H3,(H,14,17)(H,18,19). The minimum Gasteiger partial charge on any atom is -0.481 e. The molecule has 2 unspecified atom stereocenters.